The molecule has 1 atom stereocenters. The summed E-state index contributed by atoms with van der Waals surface area (Å²) in [4.78, 5) is 3.94. The second-order valence-corrected chi connectivity index (χ2v) is 4.07. The number of hydrogen-bond donors (Lipinski definition) is 3. The Bertz CT molecular complexity index is 560. The third-order valence-corrected chi connectivity index (χ3v) is 2.76. The molecule has 0 saturated heterocycles. The number of aromatic nitrogens is 1. The van der Waals surface area contributed by atoms with E-state index in [0.717, 1.165) is 0 Å². The highest BCUT2D eigenvalue weighted by Crippen LogP contribution is 2.26. The van der Waals surface area contributed by atoms with E-state index in [1.807, 2.05) is 0 Å². The Kier molecular flexibility index (Phi) is 3.43. The maximum Gasteiger partial charge on any atom is 0.123 e. The largest absolute Gasteiger partial charge is 0.398 e. The Morgan fingerprint density at radius 1 is 1.22 bits per heavy atom. The molecule has 5 heteroatoms. The smallest absolute Gasteiger partial charge is 0.123 e. The van der Waals surface area contributed by atoms with Crippen LogP contribution in [0.5, 0.6) is 0 Å². The van der Waals surface area contributed by atoms with Crippen LogP contribution in [0.1, 0.15) is 17.2 Å². The van der Waals surface area contributed by atoms with Crippen LogP contribution in [0.3, 0.4) is 0 Å². The Hall–Kier alpha value is -2.14. The summed E-state index contributed by atoms with van der Waals surface area (Å²) in [5, 5.41) is 10.1. The zero-order chi connectivity index (χ0) is 13.1. The number of nitrogen functional groups attached to an aromatic ring is 2. The number of nitrogens with zero attached hydrogens (tertiary/aromatic N) is 1. The second kappa shape index (κ2) is 5.01. The molecule has 0 saturated carbocycles. The lowest BCUT2D eigenvalue weighted by Crippen LogP contribution is -2.07. The average Bonchev–Trinajstić information content (AvgIpc) is 2.35. The quantitative estimate of drug-likeness (QED) is 0.720. The predicted molar refractivity (Wildman–Crippen MR) is 68.1 cm³/mol. The van der Waals surface area contributed by atoms with Crippen molar-refractivity contribution in [3.8, 4) is 0 Å². The van der Waals surface area contributed by atoms with Gasteiger partial charge in [0.2, 0.25) is 0 Å². The first kappa shape index (κ1) is 12.3. The lowest BCUT2D eigenvalue weighted by molar-refractivity contribution is 0.179. The summed E-state index contributed by atoms with van der Waals surface area (Å²) in [5.74, 6) is -0.433. The molecule has 0 bridgehead atoms. The van der Waals surface area contributed by atoms with Crippen molar-refractivity contribution in [2.45, 2.75) is 12.5 Å². The van der Waals surface area contributed by atoms with Gasteiger partial charge in [-0.25, -0.2) is 4.39 Å². The van der Waals surface area contributed by atoms with Crippen molar-refractivity contribution in [1.29, 1.82) is 0 Å². The SMILES string of the molecule is Nc1ccncc1CC(O)c1cc(F)ccc1N. The van der Waals surface area contributed by atoms with Crippen LogP contribution in [0.25, 0.3) is 0 Å². The Morgan fingerprint density at radius 2 is 2.00 bits per heavy atom. The molecule has 4 nitrogen and oxygen atoms in total. The minimum absolute atomic E-state index is 0.243. The minimum atomic E-state index is -0.910. The van der Waals surface area contributed by atoms with Gasteiger partial charge in [-0.1, -0.05) is 0 Å². The fraction of sp³-hybridized carbons (Fsp3) is 0.154. The molecule has 18 heavy (non-hydrogen) atoms. The number of benzene rings is 1. The molecular weight excluding hydrogens is 233 g/mol. The minimum Gasteiger partial charge on any atom is -0.398 e. The highest BCUT2D eigenvalue weighted by Gasteiger charge is 2.14. The maximum absolute atomic E-state index is 13.1. The second-order valence-electron chi connectivity index (χ2n) is 4.07. The number of anilines is 2. The zero-order valence-electron chi connectivity index (χ0n) is 9.68. The topological polar surface area (TPSA) is 85.2 Å². The van der Waals surface area contributed by atoms with Crippen LogP contribution in [0.2, 0.25) is 0 Å². The molecule has 1 aromatic heterocycles. The first-order valence-electron chi connectivity index (χ1n) is 5.49. The average molecular weight is 247 g/mol. The molecule has 2 rings (SSSR count). The molecular formula is C13H14FN3O. The van der Waals surface area contributed by atoms with Crippen molar-refractivity contribution in [3.63, 3.8) is 0 Å². The fourth-order valence-electron chi connectivity index (χ4n) is 1.76. The summed E-state index contributed by atoms with van der Waals surface area (Å²) in [6.45, 7) is 0. The van der Waals surface area contributed by atoms with E-state index in [0.29, 0.717) is 22.5 Å². The number of nitrogens with two attached hydrogens (primary N) is 2. The lowest BCUT2D eigenvalue weighted by Gasteiger charge is -2.14. The normalized spacial score (nSPS) is 12.3. The number of halogens is 1. The van der Waals surface area contributed by atoms with Gasteiger partial charge in [-0.05, 0) is 29.8 Å². The van der Waals surface area contributed by atoms with Crippen LogP contribution in [0, 0.1) is 5.82 Å². The van der Waals surface area contributed by atoms with Crippen LogP contribution in [0.15, 0.2) is 36.7 Å². The van der Waals surface area contributed by atoms with Crippen LogP contribution < -0.4 is 11.5 Å². The van der Waals surface area contributed by atoms with Crippen LogP contribution >= 0.6 is 0 Å². The first-order valence-corrected chi connectivity index (χ1v) is 5.49. The highest BCUT2D eigenvalue weighted by molar-refractivity contribution is 5.50. The first-order chi connectivity index (χ1) is 8.58. The van der Waals surface area contributed by atoms with Gasteiger partial charge >= 0.3 is 0 Å². The summed E-state index contributed by atoms with van der Waals surface area (Å²) in [7, 11) is 0. The molecule has 1 heterocycles. The van der Waals surface area contributed by atoms with Gasteiger partial charge in [0.15, 0.2) is 0 Å². The van der Waals surface area contributed by atoms with Gasteiger partial charge in [0, 0.05) is 35.8 Å². The maximum atomic E-state index is 13.1. The van der Waals surface area contributed by atoms with Crippen LogP contribution in [0.4, 0.5) is 15.8 Å². The molecule has 0 aliphatic carbocycles. The van der Waals surface area contributed by atoms with E-state index in [4.69, 9.17) is 11.5 Å². The van der Waals surface area contributed by atoms with Crippen molar-refractivity contribution in [3.05, 3.63) is 53.6 Å². The monoisotopic (exact) mass is 247 g/mol. The molecule has 0 spiro atoms. The van der Waals surface area contributed by atoms with Gasteiger partial charge in [-0.15, -0.1) is 0 Å². The van der Waals surface area contributed by atoms with Crippen molar-refractivity contribution >= 4 is 11.4 Å². The molecule has 94 valence electrons. The molecule has 5 N–H and O–H groups in total. The summed E-state index contributed by atoms with van der Waals surface area (Å²) in [6.07, 6.45) is 2.48. The van der Waals surface area contributed by atoms with Crippen molar-refractivity contribution in [1.82, 2.24) is 4.98 Å². The lowest BCUT2D eigenvalue weighted by atomic mass is 10.00. The predicted octanol–water partition coefficient (Wildman–Crippen LogP) is 1.66. The molecule has 2 aromatic rings. The van der Waals surface area contributed by atoms with E-state index in [1.165, 1.54) is 18.2 Å². The van der Waals surface area contributed by atoms with Crippen LogP contribution in [-0.2, 0) is 6.42 Å². The van der Waals surface area contributed by atoms with Gasteiger partial charge in [-0.2, -0.15) is 0 Å². The van der Waals surface area contributed by atoms with Gasteiger partial charge in [0.05, 0.1) is 6.10 Å². The zero-order valence-corrected chi connectivity index (χ0v) is 9.68. The summed E-state index contributed by atoms with van der Waals surface area (Å²) in [6, 6.07) is 5.56. The molecule has 0 aliphatic heterocycles. The molecule has 1 aromatic carbocycles. The summed E-state index contributed by atoms with van der Waals surface area (Å²) in [5.41, 5.74) is 13.4. The number of aliphatic hydroxyl groups excluding tert-OH is 1. The van der Waals surface area contributed by atoms with E-state index < -0.39 is 11.9 Å². The molecule has 0 amide bonds. The van der Waals surface area contributed by atoms with E-state index in [-0.39, 0.29) is 6.42 Å². The van der Waals surface area contributed by atoms with Gasteiger partial charge in [0.1, 0.15) is 5.82 Å². The molecule has 0 radical (unpaired) electrons. The van der Waals surface area contributed by atoms with Crippen molar-refractivity contribution < 1.29 is 9.50 Å². The molecule has 1 unspecified atom stereocenters. The third-order valence-electron chi connectivity index (χ3n) is 2.76. The summed E-state index contributed by atoms with van der Waals surface area (Å²) < 4.78 is 13.1. The van der Waals surface area contributed by atoms with Crippen molar-refractivity contribution in [2.75, 3.05) is 11.5 Å². The molecule has 0 fully saturated rings. The Morgan fingerprint density at radius 3 is 2.72 bits per heavy atom. The standard InChI is InChI=1S/C13H14FN3O/c14-9-1-2-12(16)10(6-9)13(18)5-8-7-17-4-3-11(8)15/h1-4,6-7,13,18H,5,16H2,(H2,15,17). The van der Waals surface area contributed by atoms with E-state index in [2.05, 4.69) is 4.98 Å². The Labute approximate surface area is 104 Å². The number of pyridine rings is 1. The highest BCUT2D eigenvalue weighted by atomic mass is 19.1. The Balaban J connectivity index is 2.25. The number of hydrogen-bond acceptors (Lipinski definition) is 4. The van der Waals surface area contributed by atoms with E-state index in [1.54, 1.807) is 18.5 Å². The fourth-order valence-corrected chi connectivity index (χ4v) is 1.76. The summed E-state index contributed by atoms with van der Waals surface area (Å²) >= 11 is 0. The van der Waals surface area contributed by atoms with Gasteiger partial charge in [0.25, 0.3) is 0 Å². The number of rotatable bonds is 3. The van der Waals surface area contributed by atoms with Gasteiger partial charge < -0.3 is 16.6 Å². The van der Waals surface area contributed by atoms with Crippen molar-refractivity contribution in [2.24, 2.45) is 0 Å². The van der Waals surface area contributed by atoms with Crippen LogP contribution in [-0.4, -0.2) is 10.1 Å². The third kappa shape index (κ3) is 2.57. The van der Waals surface area contributed by atoms with E-state index in [9.17, 15) is 9.50 Å². The number of aliphatic hydroxyl groups is 1. The van der Waals surface area contributed by atoms with Gasteiger partial charge in [-0.3, -0.25) is 4.98 Å². The van der Waals surface area contributed by atoms with E-state index >= 15 is 0 Å². The molecule has 0 aliphatic rings.